The maximum absolute atomic E-state index is 12.7. The number of aliphatic hydroxyl groups excluding tert-OH is 1. The minimum Gasteiger partial charge on any atom is -0.497 e. The monoisotopic (exact) mass is 470 g/mol. The van der Waals surface area contributed by atoms with Gasteiger partial charge in [0.05, 0.1) is 32.3 Å². The van der Waals surface area contributed by atoms with Gasteiger partial charge in [-0.2, -0.15) is 0 Å². The number of hydrogen-bond acceptors (Lipinski definition) is 7. The van der Waals surface area contributed by atoms with Crippen molar-refractivity contribution in [1.29, 1.82) is 0 Å². The van der Waals surface area contributed by atoms with Gasteiger partial charge in [-0.1, -0.05) is 6.07 Å². The Morgan fingerprint density at radius 1 is 1.06 bits per heavy atom. The summed E-state index contributed by atoms with van der Waals surface area (Å²) < 4.78 is 22.1. The average Bonchev–Trinajstić information content (AvgIpc) is 3.40. The maximum Gasteiger partial charge on any atom is 0.223 e. The van der Waals surface area contributed by atoms with Gasteiger partial charge in [0.2, 0.25) is 5.91 Å². The van der Waals surface area contributed by atoms with Crippen LogP contribution in [0.4, 0.5) is 0 Å². The van der Waals surface area contributed by atoms with Crippen LogP contribution in [0.2, 0.25) is 0 Å². The minimum atomic E-state index is -0.857. The molecule has 2 aromatic rings. The van der Waals surface area contributed by atoms with E-state index in [1.807, 2.05) is 24.3 Å². The third kappa shape index (κ3) is 6.55. The number of carbonyl (C=O) groups is 1. The van der Waals surface area contributed by atoms with E-state index in [1.165, 1.54) is 12.8 Å². The predicted molar refractivity (Wildman–Crippen MR) is 128 cm³/mol. The highest BCUT2D eigenvalue weighted by Crippen LogP contribution is 2.33. The van der Waals surface area contributed by atoms with Gasteiger partial charge >= 0.3 is 0 Å². The fourth-order valence-electron chi connectivity index (χ4n) is 4.33. The number of benzene rings is 2. The number of fused-ring (bicyclic) bond motifs is 1. The molecule has 4 rings (SSSR count). The molecule has 8 nitrogen and oxygen atoms in total. The molecule has 0 saturated carbocycles. The second-order valence-corrected chi connectivity index (χ2v) is 8.63. The number of methoxy groups -OCH3 is 1. The fourth-order valence-corrected chi connectivity index (χ4v) is 4.33. The molecule has 184 valence electrons. The highest BCUT2D eigenvalue weighted by molar-refractivity contribution is 5.76. The van der Waals surface area contributed by atoms with E-state index in [0.717, 1.165) is 25.4 Å². The number of carbonyl (C=O) groups excluding carboxylic acids is 1. The van der Waals surface area contributed by atoms with Gasteiger partial charge in [0.1, 0.15) is 24.7 Å². The van der Waals surface area contributed by atoms with Crippen LogP contribution < -0.4 is 24.3 Å². The summed E-state index contributed by atoms with van der Waals surface area (Å²) in [7, 11) is 1.61. The molecule has 0 spiro atoms. The molecule has 2 aromatic carbocycles. The highest BCUT2D eigenvalue weighted by atomic mass is 16.6. The molecule has 2 aliphatic rings. The van der Waals surface area contributed by atoms with E-state index < -0.39 is 12.1 Å². The lowest BCUT2D eigenvalue weighted by atomic mass is 9.98. The summed E-state index contributed by atoms with van der Waals surface area (Å²) in [4.78, 5) is 15.1. The Hall–Kier alpha value is -2.97. The molecule has 2 heterocycles. The van der Waals surface area contributed by atoms with Crippen LogP contribution in [0.3, 0.4) is 0 Å². The van der Waals surface area contributed by atoms with E-state index in [0.29, 0.717) is 42.4 Å². The largest absolute Gasteiger partial charge is 0.497 e. The van der Waals surface area contributed by atoms with Crippen molar-refractivity contribution in [2.45, 2.75) is 37.8 Å². The molecule has 1 fully saturated rings. The van der Waals surface area contributed by atoms with Gasteiger partial charge in [-0.15, -0.1) is 0 Å². The number of hydrogen-bond donors (Lipinski definition) is 2. The van der Waals surface area contributed by atoms with Crippen molar-refractivity contribution in [2.24, 2.45) is 0 Å². The third-order valence-electron chi connectivity index (χ3n) is 6.25. The van der Waals surface area contributed by atoms with Gasteiger partial charge < -0.3 is 34.3 Å². The molecule has 2 aliphatic heterocycles. The number of ether oxygens (including phenoxy) is 4. The van der Waals surface area contributed by atoms with Gasteiger partial charge in [0, 0.05) is 6.54 Å². The van der Waals surface area contributed by atoms with E-state index in [1.54, 1.807) is 25.3 Å². The minimum absolute atomic E-state index is 0.156. The van der Waals surface area contributed by atoms with E-state index in [4.69, 9.17) is 18.9 Å². The molecule has 2 atom stereocenters. The van der Waals surface area contributed by atoms with Crippen LogP contribution in [0.15, 0.2) is 42.5 Å². The normalized spacial score (nSPS) is 17.1. The fraction of sp³-hybridized carbons (Fsp3) is 0.500. The summed E-state index contributed by atoms with van der Waals surface area (Å²) in [6.45, 7) is 4.21. The van der Waals surface area contributed by atoms with Gasteiger partial charge in [-0.05, 0) is 74.3 Å². The van der Waals surface area contributed by atoms with Crippen molar-refractivity contribution >= 4 is 5.91 Å². The molecular weight excluding hydrogens is 436 g/mol. The predicted octanol–water partition coefficient (Wildman–Crippen LogP) is 2.94. The molecule has 1 saturated heterocycles. The Morgan fingerprint density at radius 3 is 2.50 bits per heavy atom. The zero-order chi connectivity index (χ0) is 23.8. The zero-order valence-electron chi connectivity index (χ0n) is 19.7. The number of rotatable bonds is 11. The first-order chi connectivity index (χ1) is 16.6. The van der Waals surface area contributed by atoms with Gasteiger partial charge in [-0.3, -0.25) is 4.79 Å². The average molecular weight is 471 g/mol. The van der Waals surface area contributed by atoms with Crippen LogP contribution in [0, 0.1) is 0 Å². The van der Waals surface area contributed by atoms with Crippen LogP contribution in [0.1, 0.15) is 37.4 Å². The smallest absolute Gasteiger partial charge is 0.223 e. The van der Waals surface area contributed by atoms with Crippen molar-refractivity contribution in [3.05, 3.63) is 48.0 Å². The van der Waals surface area contributed by atoms with E-state index >= 15 is 0 Å². The summed E-state index contributed by atoms with van der Waals surface area (Å²) in [5.74, 6) is 2.57. The molecule has 0 aromatic heterocycles. The van der Waals surface area contributed by atoms with Crippen molar-refractivity contribution in [2.75, 3.05) is 46.6 Å². The van der Waals surface area contributed by atoms with Crippen LogP contribution in [-0.4, -0.2) is 68.5 Å². The van der Waals surface area contributed by atoms with Crippen LogP contribution in [0.25, 0.3) is 0 Å². The molecule has 0 radical (unpaired) electrons. The molecule has 0 aliphatic carbocycles. The third-order valence-corrected chi connectivity index (χ3v) is 6.25. The molecule has 1 unspecified atom stereocenters. The van der Waals surface area contributed by atoms with E-state index in [-0.39, 0.29) is 18.9 Å². The SMILES string of the molecule is COc1ccc(OCCC(=O)NC(CCN2CCCC2)[C@@H](O)c2ccc3c(c2)OCCO3)cc1. The number of aliphatic hydroxyl groups is 1. The second kappa shape index (κ2) is 11.9. The summed E-state index contributed by atoms with van der Waals surface area (Å²) in [6, 6.07) is 12.3. The molecular formula is C26H34N2O6. The number of amides is 1. The summed E-state index contributed by atoms with van der Waals surface area (Å²) in [5, 5.41) is 14.2. The first-order valence-electron chi connectivity index (χ1n) is 12.0. The Morgan fingerprint density at radius 2 is 1.76 bits per heavy atom. The van der Waals surface area contributed by atoms with E-state index in [9.17, 15) is 9.90 Å². The molecule has 0 bridgehead atoms. The molecule has 34 heavy (non-hydrogen) atoms. The summed E-state index contributed by atoms with van der Waals surface area (Å²) >= 11 is 0. The topological polar surface area (TPSA) is 89.5 Å². The lowest BCUT2D eigenvalue weighted by molar-refractivity contribution is -0.123. The standard InChI is InChI=1S/C26H34N2O6/c1-31-20-5-7-21(8-6-20)32-15-11-25(29)27-22(10-14-28-12-2-3-13-28)26(30)19-4-9-23-24(18-19)34-17-16-33-23/h4-9,18,22,26,30H,2-3,10-17H2,1H3,(H,27,29)/t22?,26-/m0/s1. The molecule has 8 heteroatoms. The lowest BCUT2D eigenvalue weighted by Crippen LogP contribution is -2.42. The van der Waals surface area contributed by atoms with Crippen molar-refractivity contribution in [1.82, 2.24) is 10.2 Å². The maximum atomic E-state index is 12.7. The Balaban J connectivity index is 1.35. The summed E-state index contributed by atoms with van der Waals surface area (Å²) in [6.07, 6.45) is 2.39. The quantitative estimate of drug-likeness (QED) is 0.522. The van der Waals surface area contributed by atoms with Crippen LogP contribution in [0.5, 0.6) is 23.0 Å². The number of likely N-dealkylation sites (tertiary alicyclic amines) is 1. The highest BCUT2D eigenvalue weighted by Gasteiger charge is 2.26. The first kappa shape index (κ1) is 24.2. The van der Waals surface area contributed by atoms with Crippen molar-refractivity contribution in [3.63, 3.8) is 0 Å². The van der Waals surface area contributed by atoms with Crippen molar-refractivity contribution < 1.29 is 28.8 Å². The Bertz CT molecular complexity index is 929. The second-order valence-electron chi connectivity index (χ2n) is 8.63. The van der Waals surface area contributed by atoms with Crippen LogP contribution in [-0.2, 0) is 4.79 Å². The first-order valence-corrected chi connectivity index (χ1v) is 12.0. The van der Waals surface area contributed by atoms with Gasteiger partial charge in [0.15, 0.2) is 11.5 Å². The van der Waals surface area contributed by atoms with Gasteiger partial charge in [0.25, 0.3) is 0 Å². The lowest BCUT2D eigenvalue weighted by Gasteiger charge is -2.28. The summed E-state index contributed by atoms with van der Waals surface area (Å²) in [5.41, 5.74) is 0.699. The van der Waals surface area contributed by atoms with Crippen molar-refractivity contribution in [3.8, 4) is 23.0 Å². The van der Waals surface area contributed by atoms with Gasteiger partial charge in [-0.25, -0.2) is 0 Å². The van der Waals surface area contributed by atoms with Crippen LogP contribution >= 0.6 is 0 Å². The number of nitrogens with zero attached hydrogens (tertiary/aromatic N) is 1. The van der Waals surface area contributed by atoms with E-state index in [2.05, 4.69) is 10.2 Å². The molecule has 1 amide bonds. The Labute approximate surface area is 200 Å². The Kier molecular flexibility index (Phi) is 8.49. The molecule has 2 N–H and O–H groups in total. The number of nitrogens with one attached hydrogen (secondary N) is 1. The zero-order valence-corrected chi connectivity index (χ0v) is 19.7.